The van der Waals surface area contributed by atoms with Gasteiger partial charge in [0.1, 0.15) is 12.4 Å². The zero-order chi connectivity index (χ0) is 24.0. The van der Waals surface area contributed by atoms with Crippen molar-refractivity contribution < 1.29 is 24.2 Å². The Bertz CT molecular complexity index is 991. The van der Waals surface area contributed by atoms with E-state index in [9.17, 15) is 14.7 Å². The first kappa shape index (κ1) is 24.6. The molecule has 1 heterocycles. The second-order valence-electron chi connectivity index (χ2n) is 8.80. The van der Waals surface area contributed by atoms with Crippen LogP contribution < -0.4 is 4.74 Å². The molecule has 2 atom stereocenters. The van der Waals surface area contributed by atoms with Crippen LogP contribution in [0.15, 0.2) is 30.3 Å². The average Bonchev–Trinajstić information content (AvgIpc) is 2.79. The van der Waals surface area contributed by atoms with Crippen LogP contribution in [0, 0.1) is 19.8 Å². The number of hydrogen-bond donors (Lipinski definition) is 1. The van der Waals surface area contributed by atoms with Gasteiger partial charge in [-0.3, -0.25) is 4.79 Å². The third-order valence-corrected chi connectivity index (χ3v) is 6.20. The van der Waals surface area contributed by atoms with Gasteiger partial charge in [-0.1, -0.05) is 25.1 Å². The predicted molar refractivity (Wildman–Crippen MR) is 126 cm³/mol. The molecule has 7 heteroatoms. The van der Waals surface area contributed by atoms with Crippen molar-refractivity contribution in [2.24, 2.45) is 5.92 Å². The summed E-state index contributed by atoms with van der Waals surface area (Å²) in [4.78, 5) is 29.9. The molecule has 1 fully saturated rings. The first-order valence-electron chi connectivity index (χ1n) is 11.6. The maximum absolute atomic E-state index is 12.3. The third kappa shape index (κ3) is 6.24. The molecular weight excluding hydrogens is 420 g/mol. The van der Waals surface area contributed by atoms with Crippen molar-refractivity contribution in [2.45, 2.75) is 65.6 Å². The van der Waals surface area contributed by atoms with Gasteiger partial charge < -0.3 is 19.5 Å². The number of carboxylic acids is 1. The van der Waals surface area contributed by atoms with Crippen LogP contribution in [0.4, 0.5) is 4.79 Å². The Morgan fingerprint density at radius 2 is 1.97 bits per heavy atom. The van der Waals surface area contributed by atoms with Crippen molar-refractivity contribution in [3.05, 3.63) is 47.2 Å². The Balaban J connectivity index is 1.76. The molecule has 0 radical (unpaired) electrons. The number of amides is 1. The lowest BCUT2D eigenvalue weighted by atomic mass is 9.87. The van der Waals surface area contributed by atoms with Gasteiger partial charge in [0, 0.05) is 24.7 Å². The highest BCUT2D eigenvalue weighted by molar-refractivity contribution is 5.70. The number of nitrogens with zero attached hydrogens (tertiary/aromatic N) is 2. The van der Waals surface area contributed by atoms with Crippen molar-refractivity contribution in [2.75, 3.05) is 13.6 Å². The number of aryl methyl sites for hydroxylation is 2. The van der Waals surface area contributed by atoms with Crippen LogP contribution in [-0.4, -0.2) is 46.7 Å². The van der Waals surface area contributed by atoms with Gasteiger partial charge in [0.25, 0.3) is 0 Å². The molecule has 1 saturated carbocycles. The summed E-state index contributed by atoms with van der Waals surface area (Å²) in [5, 5.41) is 9.32. The quantitative estimate of drug-likeness (QED) is 0.577. The Hall–Kier alpha value is -3.09. The number of benzene rings is 1. The van der Waals surface area contributed by atoms with Crippen LogP contribution >= 0.6 is 0 Å². The molecule has 3 rings (SSSR count). The molecule has 0 bridgehead atoms. The van der Waals surface area contributed by atoms with Gasteiger partial charge in [0.2, 0.25) is 0 Å². The molecule has 1 aromatic heterocycles. The number of aliphatic carboxylic acids is 1. The van der Waals surface area contributed by atoms with E-state index >= 15 is 0 Å². The van der Waals surface area contributed by atoms with Crippen LogP contribution in [0.25, 0.3) is 11.3 Å². The van der Waals surface area contributed by atoms with E-state index in [0.717, 1.165) is 47.3 Å². The Labute approximate surface area is 195 Å². The Morgan fingerprint density at radius 3 is 2.67 bits per heavy atom. The summed E-state index contributed by atoms with van der Waals surface area (Å²) in [5.41, 5.74) is 4.40. The molecule has 0 saturated heterocycles. The van der Waals surface area contributed by atoms with Crippen LogP contribution in [-0.2, 0) is 16.1 Å². The average molecular weight is 455 g/mol. The van der Waals surface area contributed by atoms with E-state index in [4.69, 9.17) is 14.5 Å². The van der Waals surface area contributed by atoms with E-state index in [1.165, 1.54) is 0 Å². The van der Waals surface area contributed by atoms with Gasteiger partial charge in [0.15, 0.2) is 0 Å². The van der Waals surface area contributed by atoms with Crippen molar-refractivity contribution in [3.63, 3.8) is 0 Å². The van der Waals surface area contributed by atoms with Crippen LogP contribution in [0.1, 0.15) is 55.8 Å². The second-order valence-corrected chi connectivity index (χ2v) is 8.80. The van der Waals surface area contributed by atoms with Gasteiger partial charge in [0.05, 0.1) is 23.4 Å². The van der Waals surface area contributed by atoms with Crippen molar-refractivity contribution in [1.82, 2.24) is 9.88 Å². The molecule has 0 aliphatic heterocycles. The maximum atomic E-state index is 12.3. The minimum Gasteiger partial charge on any atom is -0.489 e. The number of carbonyl (C=O) groups excluding carboxylic acids is 1. The van der Waals surface area contributed by atoms with Crippen LogP contribution in [0.3, 0.4) is 0 Å². The summed E-state index contributed by atoms with van der Waals surface area (Å²) in [7, 11) is 1.74. The van der Waals surface area contributed by atoms with Gasteiger partial charge in [-0.05, 0) is 63.6 Å². The standard InChI is InChI=1S/C26H34N2O5/c1-5-14-28(4)26(31)32-16-22-17(2)8-6-11-21(22)23-12-13-24(18(3)27-23)33-20-10-7-9-19(15-20)25(29)30/h6,8,11-13,19-20H,5,7,9-10,14-16H2,1-4H3,(H,29,30)/t19-,20-/m0/s1. The number of rotatable bonds is 8. The molecule has 33 heavy (non-hydrogen) atoms. The summed E-state index contributed by atoms with van der Waals surface area (Å²) in [6, 6.07) is 9.74. The summed E-state index contributed by atoms with van der Waals surface area (Å²) < 4.78 is 11.7. The lowest BCUT2D eigenvalue weighted by molar-refractivity contribution is -0.143. The summed E-state index contributed by atoms with van der Waals surface area (Å²) in [5.74, 6) is -0.413. The molecule has 7 nitrogen and oxygen atoms in total. The fourth-order valence-electron chi connectivity index (χ4n) is 4.28. The number of hydrogen-bond acceptors (Lipinski definition) is 5. The number of ether oxygens (including phenoxy) is 2. The fraction of sp³-hybridized carbons (Fsp3) is 0.500. The maximum Gasteiger partial charge on any atom is 0.409 e. The number of pyridine rings is 1. The van der Waals surface area contributed by atoms with Gasteiger partial charge in [-0.15, -0.1) is 0 Å². The normalized spacial score (nSPS) is 17.9. The zero-order valence-corrected chi connectivity index (χ0v) is 20.0. The molecule has 1 aliphatic rings. The van der Waals surface area contributed by atoms with Gasteiger partial charge in [-0.25, -0.2) is 9.78 Å². The molecule has 178 valence electrons. The van der Waals surface area contributed by atoms with Crippen LogP contribution in [0.2, 0.25) is 0 Å². The van der Waals surface area contributed by atoms with E-state index in [1.54, 1.807) is 11.9 Å². The van der Waals surface area contributed by atoms with Crippen molar-refractivity contribution in [1.29, 1.82) is 0 Å². The lowest BCUT2D eigenvalue weighted by Gasteiger charge is -2.27. The monoisotopic (exact) mass is 454 g/mol. The molecule has 1 amide bonds. The van der Waals surface area contributed by atoms with E-state index < -0.39 is 5.97 Å². The second kappa shape index (κ2) is 11.2. The SMILES string of the molecule is CCCN(C)C(=O)OCc1c(C)cccc1-c1ccc(O[C@H]2CCC[C@H](C(=O)O)C2)c(C)n1. The highest BCUT2D eigenvalue weighted by Gasteiger charge is 2.28. The number of carboxylic acid groups (broad SMARTS) is 1. The van der Waals surface area contributed by atoms with Gasteiger partial charge in [-0.2, -0.15) is 0 Å². The lowest BCUT2D eigenvalue weighted by Crippen LogP contribution is -2.29. The fourth-order valence-corrected chi connectivity index (χ4v) is 4.28. The molecule has 1 aromatic carbocycles. The Kier molecular flexibility index (Phi) is 8.31. The first-order chi connectivity index (χ1) is 15.8. The minimum atomic E-state index is -0.748. The number of carbonyl (C=O) groups is 2. The number of aromatic nitrogens is 1. The van der Waals surface area contributed by atoms with Gasteiger partial charge >= 0.3 is 12.1 Å². The molecule has 1 aliphatic carbocycles. The van der Waals surface area contributed by atoms with E-state index in [-0.39, 0.29) is 24.7 Å². The Morgan fingerprint density at radius 1 is 1.18 bits per heavy atom. The molecule has 2 aromatic rings. The molecular formula is C26H34N2O5. The topological polar surface area (TPSA) is 89.0 Å². The minimum absolute atomic E-state index is 0.111. The summed E-state index contributed by atoms with van der Waals surface area (Å²) in [6.07, 6.45) is 3.36. The van der Waals surface area contributed by atoms with Crippen LogP contribution in [0.5, 0.6) is 5.75 Å². The van der Waals surface area contributed by atoms with Crippen molar-refractivity contribution in [3.8, 4) is 17.0 Å². The van der Waals surface area contributed by atoms with E-state index in [2.05, 4.69) is 0 Å². The molecule has 0 spiro atoms. The van der Waals surface area contributed by atoms with E-state index in [0.29, 0.717) is 25.1 Å². The highest BCUT2D eigenvalue weighted by atomic mass is 16.6. The third-order valence-electron chi connectivity index (χ3n) is 6.20. The summed E-state index contributed by atoms with van der Waals surface area (Å²) in [6.45, 7) is 6.73. The highest BCUT2D eigenvalue weighted by Crippen LogP contribution is 2.31. The van der Waals surface area contributed by atoms with E-state index in [1.807, 2.05) is 51.1 Å². The zero-order valence-electron chi connectivity index (χ0n) is 20.0. The van der Waals surface area contributed by atoms with Crippen molar-refractivity contribution >= 4 is 12.1 Å². The predicted octanol–water partition coefficient (Wildman–Crippen LogP) is 5.37. The smallest absolute Gasteiger partial charge is 0.409 e. The molecule has 1 N–H and O–H groups in total. The summed E-state index contributed by atoms with van der Waals surface area (Å²) >= 11 is 0. The molecule has 0 unspecified atom stereocenters. The largest absolute Gasteiger partial charge is 0.489 e. The first-order valence-corrected chi connectivity index (χ1v) is 11.6.